The Morgan fingerprint density at radius 1 is 0.810 bits per heavy atom. The minimum atomic E-state index is -0.378. The molecule has 2 rings (SSSR count). The molecule has 0 saturated carbocycles. The Hall–Kier alpha value is -1.90. The Balaban J connectivity index is 2.35. The number of aryl methyl sites for hydroxylation is 4. The van der Waals surface area contributed by atoms with Crippen molar-refractivity contribution in [2.75, 3.05) is 5.32 Å². The Kier molecular flexibility index (Phi) is 4.31. The number of anilines is 1. The molecule has 1 N–H and O–H groups in total. The third kappa shape index (κ3) is 3.23. The van der Waals surface area contributed by atoms with Crippen molar-refractivity contribution in [3.8, 4) is 0 Å². The van der Waals surface area contributed by atoms with Crippen LogP contribution in [0.4, 0.5) is 14.5 Å². The van der Waals surface area contributed by atoms with Crippen LogP contribution in [-0.2, 0) is 0 Å². The van der Waals surface area contributed by atoms with E-state index in [-0.39, 0.29) is 17.7 Å². The molecule has 0 aliphatic rings. The molecule has 2 aromatic rings. The van der Waals surface area contributed by atoms with Gasteiger partial charge < -0.3 is 5.32 Å². The number of nitrogens with one attached hydrogen (secondary N) is 1. The molecule has 0 heterocycles. The molecule has 0 amide bonds. The fraction of sp³-hybridized carbons (Fsp3) is 0.333. The van der Waals surface area contributed by atoms with E-state index in [9.17, 15) is 8.78 Å². The van der Waals surface area contributed by atoms with Gasteiger partial charge in [0.15, 0.2) is 0 Å². The second kappa shape index (κ2) is 5.84. The highest BCUT2D eigenvalue weighted by Crippen LogP contribution is 2.28. The number of rotatable bonds is 3. The predicted octanol–water partition coefficient (Wildman–Crippen LogP) is 5.37. The fourth-order valence-electron chi connectivity index (χ4n) is 2.70. The summed E-state index contributed by atoms with van der Waals surface area (Å²) >= 11 is 0. The van der Waals surface area contributed by atoms with Crippen molar-refractivity contribution in [3.63, 3.8) is 0 Å². The topological polar surface area (TPSA) is 12.0 Å². The van der Waals surface area contributed by atoms with E-state index in [1.165, 1.54) is 17.7 Å². The van der Waals surface area contributed by atoms with Crippen LogP contribution in [0.3, 0.4) is 0 Å². The van der Waals surface area contributed by atoms with Gasteiger partial charge in [0.05, 0.1) is 6.04 Å². The van der Waals surface area contributed by atoms with Crippen molar-refractivity contribution in [3.05, 3.63) is 63.7 Å². The van der Waals surface area contributed by atoms with Crippen LogP contribution in [0.2, 0.25) is 0 Å². The maximum absolute atomic E-state index is 14.0. The monoisotopic (exact) mass is 289 g/mol. The van der Waals surface area contributed by atoms with E-state index in [4.69, 9.17) is 0 Å². The average molecular weight is 289 g/mol. The standard InChI is InChI=1S/C18H21F2N/c1-10-6-12(3)18(13(4)7-10)21-14(5)15-9-16(19)11(2)8-17(15)20/h6-9,14,21H,1-5H3. The molecule has 0 saturated heterocycles. The van der Waals surface area contributed by atoms with Crippen LogP contribution in [0.25, 0.3) is 0 Å². The van der Waals surface area contributed by atoms with E-state index in [2.05, 4.69) is 17.4 Å². The van der Waals surface area contributed by atoms with Gasteiger partial charge in [-0.1, -0.05) is 17.7 Å². The first-order valence-electron chi connectivity index (χ1n) is 7.09. The summed E-state index contributed by atoms with van der Waals surface area (Å²) in [6, 6.07) is 6.38. The fourth-order valence-corrected chi connectivity index (χ4v) is 2.70. The van der Waals surface area contributed by atoms with Gasteiger partial charge in [0.25, 0.3) is 0 Å². The molecule has 0 fully saturated rings. The molecule has 21 heavy (non-hydrogen) atoms. The van der Waals surface area contributed by atoms with E-state index >= 15 is 0 Å². The van der Waals surface area contributed by atoms with E-state index < -0.39 is 0 Å². The zero-order valence-corrected chi connectivity index (χ0v) is 13.1. The SMILES string of the molecule is Cc1cc(C)c(NC(C)c2cc(F)c(C)cc2F)c(C)c1. The molecule has 1 atom stereocenters. The van der Waals surface area contributed by atoms with Gasteiger partial charge in [-0.05, 0) is 63.4 Å². The third-order valence-corrected chi connectivity index (χ3v) is 3.78. The average Bonchev–Trinajstić information content (AvgIpc) is 2.37. The predicted molar refractivity (Wildman–Crippen MR) is 83.8 cm³/mol. The largest absolute Gasteiger partial charge is 0.378 e. The molecule has 1 unspecified atom stereocenters. The Morgan fingerprint density at radius 3 is 1.95 bits per heavy atom. The maximum Gasteiger partial charge on any atom is 0.128 e. The quantitative estimate of drug-likeness (QED) is 0.800. The number of halogens is 2. The van der Waals surface area contributed by atoms with Crippen molar-refractivity contribution < 1.29 is 8.78 Å². The van der Waals surface area contributed by atoms with Crippen LogP contribution in [0.5, 0.6) is 0 Å². The molecule has 0 spiro atoms. The van der Waals surface area contributed by atoms with Crippen molar-refractivity contribution in [1.82, 2.24) is 0 Å². The smallest absolute Gasteiger partial charge is 0.128 e. The molecule has 1 nitrogen and oxygen atoms in total. The van der Waals surface area contributed by atoms with Gasteiger partial charge in [-0.25, -0.2) is 8.78 Å². The molecule has 0 aliphatic carbocycles. The lowest BCUT2D eigenvalue weighted by molar-refractivity contribution is 0.571. The van der Waals surface area contributed by atoms with Crippen molar-refractivity contribution in [2.45, 2.75) is 40.7 Å². The summed E-state index contributed by atoms with van der Waals surface area (Å²) in [6.45, 7) is 9.48. The van der Waals surface area contributed by atoms with Gasteiger partial charge in [-0.2, -0.15) is 0 Å². The first-order chi connectivity index (χ1) is 9.79. The summed E-state index contributed by atoms with van der Waals surface area (Å²) in [5, 5.41) is 3.30. The van der Waals surface area contributed by atoms with E-state index in [1.54, 1.807) is 6.92 Å². The van der Waals surface area contributed by atoms with E-state index in [1.807, 2.05) is 27.7 Å². The summed E-state index contributed by atoms with van der Waals surface area (Å²) in [7, 11) is 0. The van der Waals surface area contributed by atoms with Crippen LogP contribution in [-0.4, -0.2) is 0 Å². The first-order valence-corrected chi connectivity index (χ1v) is 7.09. The van der Waals surface area contributed by atoms with Gasteiger partial charge in [0, 0.05) is 11.3 Å². The Bertz CT molecular complexity index is 654. The van der Waals surface area contributed by atoms with Crippen LogP contribution >= 0.6 is 0 Å². The molecule has 0 radical (unpaired) electrons. The van der Waals surface area contributed by atoms with Gasteiger partial charge in [0.2, 0.25) is 0 Å². The molecule has 2 aromatic carbocycles. The number of hydrogen-bond donors (Lipinski definition) is 1. The Morgan fingerprint density at radius 2 is 1.38 bits per heavy atom. The van der Waals surface area contributed by atoms with Crippen LogP contribution in [0.15, 0.2) is 24.3 Å². The zero-order chi connectivity index (χ0) is 15.7. The summed E-state index contributed by atoms with van der Waals surface area (Å²) in [6.07, 6.45) is 0. The minimum Gasteiger partial charge on any atom is -0.378 e. The van der Waals surface area contributed by atoms with E-state index in [0.29, 0.717) is 11.1 Å². The second-order valence-electron chi connectivity index (χ2n) is 5.76. The first kappa shape index (κ1) is 15.5. The summed E-state index contributed by atoms with van der Waals surface area (Å²) in [5.74, 6) is -0.756. The van der Waals surface area contributed by atoms with Gasteiger partial charge in [-0.15, -0.1) is 0 Å². The highest BCUT2D eigenvalue weighted by molar-refractivity contribution is 5.59. The molecule has 0 aromatic heterocycles. The van der Waals surface area contributed by atoms with Gasteiger partial charge >= 0.3 is 0 Å². The molecular formula is C18H21F2N. The second-order valence-corrected chi connectivity index (χ2v) is 5.76. The van der Waals surface area contributed by atoms with Crippen molar-refractivity contribution in [1.29, 1.82) is 0 Å². The molecule has 0 aliphatic heterocycles. The van der Waals surface area contributed by atoms with Crippen molar-refractivity contribution in [2.24, 2.45) is 0 Å². The third-order valence-electron chi connectivity index (χ3n) is 3.78. The van der Waals surface area contributed by atoms with Gasteiger partial charge in [-0.3, -0.25) is 0 Å². The highest BCUT2D eigenvalue weighted by Gasteiger charge is 2.15. The summed E-state index contributed by atoms with van der Waals surface area (Å²) in [4.78, 5) is 0. The van der Waals surface area contributed by atoms with Crippen LogP contribution in [0, 0.1) is 39.3 Å². The number of hydrogen-bond acceptors (Lipinski definition) is 1. The molecular weight excluding hydrogens is 268 g/mol. The summed E-state index contributed by atoms with van der Waals surface area (Å²) < 4.78 is 27.7. The zero-order valence-electron chi connectivity index (χ0n) is 13.1. The molecule has 112 valence electrons. The van der Waals surface area contributed by atoms with Crippen molar-refractivity contribution >= 4 is 5.69 Å². The number of benzene rings is 2. The lowest BCUT2D eigenvalue weighted by Crippen LogP contribution is -2.11. The lowest BCUT2D eigenvalue weighted by Gasteiger charge is -2.21. The van der Waals surface area contributed by atoms with E-state index in [0.717, 1.165) is 16.8 Å². The molecule has 0 bridgehead atoms. The van der Waals surface area contributed by atoms with Gasteiger partial charge in [0.1, 0.15) is 11.6 Å². The van der Waals surface area contributed by atoms with Crippen LogP contribution < -0.4 is 5.32 Å². The normalized spacial score (nSPS) is 12.3. The summed E-state index contributed by atoms with van der Waals surface area (Å²) in [5.41, 5.74) is 5.05. The van der Waals surface area contributed by atoms with Crippen LogP contribution in [0.1, 0.15) is 40.8 Å². The highest BCUT2D eigenvalue weighted by atomic mass is 19.1. The Labute approximate surface area is 125 Å². The maximum atomic E-state index is 14.0. The molecule has 3 heteroatoms. The lowest BCUT2D eigenvalue weighted by atomic mass is 10.0. The minimum absolute atomic E-state index is 0.305.